The van der Waals surface area contributed by atoms with Crippen LogP contribution in [0.15, 0.2) is 54.6 Å². The van der Waals surface area contributed by atoms with E-state index in [1.165, 1.54) is 31.4 Å². The monoisotopic (exact) mass is 322 g/mol. The maximum Gasteiger partial charge on any atom is 0.296 e. The van der Waals surface area contributed by atoms with Crippen LogP contribution in [0.5, 0.6) is 5.75 Å². The number of hydrogen-bond acceptors (Lipinski definition) is 5. The number of ether oxygens (including phenoxy) is 1. The molecule has 2 aromatic rings. The number of anilines is 1. The smallest absolute Gasteiger partial charge is 0.296 e. The van der Waals surface area contributed by atoms with E-state index in [2.05, 4.69) is 5.32 Å². The molecule has 6 heteroatoms. The van der Waals surface area contributed by atoms with Crippen LogP contribution in [0.25, 0.3) is 5.76 Å². The summed E-state index contributed by atoms with van der Waals surface area (Å²) in [7, 11) is 1.52. The van der Waals surface area contributed by atoms with Crippen LogP contribution in [0.2, 0.25) is 0 Å². The van der Waals surface area contributed by atoms with E-state index in [-0.39, 0.29) is 5.76 Å². The Hall–Kier alpha value is -3.59. The maximum absolute atomic E-state index is 11.9. The number of benzene rings is 2. The zero-order valence-electron chi connectivity index (χ0n) is 12.8. The summed E-state index contributed by atoms with van der Waals surface area (Å²) in [6, 6.07) is 14.4. The second kappa shape index (κ2) is 7.61. The summed E-state index contributed by atoms with van der Waals surface area (Å²) in [5.41, 5.74) is 1.20. The van der Waals surface area contributed by atoms with E-state index in [0.29, 0.717) is 22.6 Å². The van der Waals surface area contributed by atoms with Gasteiger partial charge >= 0.3 is 0 Å². The molecule has 0 radical (unpaired) electrons. The first kappa shape index (κ1) is 16.8. The van der Waals surface area contributed by atoms with E-state index in [4.69, 9.17) is 10.00 Å². The average molecular weight is 322 g/mol. The van der Waals surface area contributed by atoms with Crippen molar-refractivity contribution in [2.45, 2.75) is 0 Å². The Morgan fingerprint density at radius 1 is 1.12 bits per heavy atom. The van der Waals surface area contributed by atoms with Gasteiger partial charge in [-0.05, 0) is 48.5 Å². The first-order valence-corrected chi connectivity index (χ1v) is 6.94. The molecule has 0 fully saturated rings. The molecule has 0 bridgehead atoms. The number of methoxy groups -OCH3 is 1. The van der Waals surface area contributed by atoms with Crippen molar-refractivity contribution < 1.29 is 19.4 Å². The van der Waals surface area contributed by atoms with Gasteiger partial charge in [0.25, 0.3) is 5.91 Å². The fourth-order valence-corrected chi connectivity index (χ4v) is 1.86. The normalized spacial score (nSPS) is 10.6. The molecule has 0 aliphatic carbocycles. The molecule has 0 aliphatic rings. The molecule has 0 aliphatic heterocycles. The molecule has 0 saturated heterocycles. The molecule has 0 aromatic heterocycles. The molecular weight excluding hydrogens is 308 g/mol. The van der Waals surface area contributed by atoms with Crippen molar-refractivity contribution in [3.63, 3.8) is 0 Å². The molecule has 0 heterocycles. The van der Waals surface area contributed by atoms with Gasteiger partial charge in [-0.3, -0.25) is 9.59 Å². The second-order valence-electron chi connectivity index (χ2n) is 4.77. The number of nitrogens with zero attached hydrogens (tertiary/aromatic N) is 1. The highest BCUT2D eigenvalue weighted by Crippen LogP contribution is 2.17. The summed E-state index contributed by atoms with van der Waals surface area (Å²) in [6.45, 7) is 0. The molecule has 120 valence electrons. The summed E-state index contributed by atoms with van der Waals surface area (Å²) in [5.74, 6) is -1.50. The molecular formula is C18H14N2O4. The Morgan fingerprint density at radius 3 is 2.29 bits per heavy atom. The van der Waals surface area contributed by atoms with E-state index in [9.17, 15) is 14.7 Å². The third kappa shape index (κ3) is 4.21. The van der Waals surface area contributed by atoms with Gasteiger partial charge in [0.1, 0.15) is 11.5 Å². The van der Waals surface area contributed by atoms with E-state index >= 15 is 0 Å². The number of ketones is 1. The molecule has 0 atom stereocenters. The first-order valence-electron chi connectivity index (χ1n) is 6.94. The zero-order valence-corrected chi connectivity index (χ0v) is 12.8. The van der Waals surface area contributed by atoms with Gasteiger partial charge in [0.05, 0.1) is 18.7 Å². The Balaban J connectivity index is 2.06. The largest absolute Gasteiger partial charge is 0.507 e. The third-order valence-corrected chi connectivity index (χ3v) is 3.15. The Labute approximate surface area is 138 Å². The van der Waals surface area contributed by atoms with E-state index in [0.717, 1.165) is 6.08 Å². The van der Waals surface area contributed by atoms with Crippen molar-refractivity contribution in [1.29, 1.82) is 5.26 Å². The van der Waals surface area contributed by atoms with Gasteiger partial charge in [-0.25, -0.2) is 0 Å². The number of amides is 1. The lowest BCUT2D eigenvalue weighted by Crippen LogP contribution is -2.21. The van der Waals surface area contributed by atoms with E-state index in [1.807, 2.05) is 6.07 Å². The minimum Gasteiger partial charge on any atom is -0.507 e. The molecule has 1 amide bonds. The van der Waals surface area contributed by atoms with E-state index in [1.54, 1.807) is 24.3 Å². The lowest BCUT2D eigenvalue weighted by Gasteiger charge is -2.04. The minimum atomic E-state index is -0.896. The van der Waals surface area contributed by atoms with Gasteiger partial charge in [-0.2, -0.15) is 5.26 Å². The van der Waals surface area contributed by atoms with Crippen molar-refractivity contribution in [2.75, 3.05) is 12.4 Å². The van der Waals surface area contributed by atoms with Crippen LogP contribution in [-0.2, 0) is 9.59 Å². The van der Waals surface area contributed by atoms with Crippen molar-refractivity contribution in [1.82, 2.24) is 0 Å². The predicted molar refractivity (Wildman–Crippen MR) is 88.4 cm³/mol. The van der Waals surface area contributed by atoms with Gasteiger partial charge in [-0.1, -0.05) is 0 Å². The number of nitrogens with one attached hydrogen (secondary N) is 1. The van der Waals surface area contributed by atoms with Crippen molar-refractivity contribution in [3.05, 3.63) is 65.7 Å². The standard InChI is InChI=1S/C18H14N2O4/c1-24-15-8-4-13(5-9-15)16(21)10-17(22)18(23)20-14-6-2-12(11-19)3-7-14/h2-10,21H,1H3,(H,20,23). The highest BCUT2D eigenvalue weighted by molar-refractivity contribution is 6.45. The van der Waals surface area contributed by atoms with Crippen LogP contribution in [0.4, 0.5) is 5.69 Å². The van der Waals surface area contributed by atoms with Crippen LogP contribution >= 0.6 is 0 Å². The minimum absolute atomic E-state index is 0.322. The molecule has 2 rings (SSSR count). The lowest BCUT2D eigenvalue weighted by molar-refractivity contribution is -0.131. The van der Waals surface area contributed by atoms with Gasteiger partial charge < -0.3 is 15.2 Å². The molecule has 0 saturated carbocycles. The number of aliphatic hydroxyl groups excluding tert-OH is 1. The number of hydrogen-bond donors (Lipinski definition) is 2. The van der Waals surface area contributed by atoms with Gasteiger partial charge in [0.2, 0.25) is 5.78 Å². The molecule has 2 aromatic carbocycles. The number of carbonyl (C=O) groups excluding carboxylic acids is 2. The van der Waals surface area contributed by atoms with Gasteiger partial charge in [0, 0.05) is 17.3 Å². The first-order chi connectivity index (χ1) is 11.5. The maximum atomic E-state index is 11.9. The topological polar surface area (TPSA) is 99.4 Å². The Morgan fingerprint density at radius 2 is 1.75 bits per heavy atom. The Bertz CT molecular complexity index is 816. The third-order valence-electron chi connectivity index (χ3n) is 3.15. The molecule has 0 spiro atoms. The summed E-state index contributed by atoms with van der Waals surface area (Å²) >= 11 is 0. The van der Waals surface area contributed by atoms with Crippen LogP contribution in [0.3, 0.4) is 0 Å². The van der Waals surface area contributed by atoms with Crippen LogP contribution in [0.1, 0.15) is 11.1 Å². The highest BCUT2D eigenvalue weighted by atomic mass is 16.5. The quantitative estimate of drug-likeness (QED) is 0.501. The molecule has 0 unspecified atom stereocenters. The second-order valence-corrected chi connectivity index (χ2v) is 4.77. The van der Waals surface area contributed by atoms with Crippen molar-refractivity contribution >= 4 is 23.1 Å². The van der Waals surface area contributed by atoms with Crippen molar-refractivity contribution in [3.8, 4) is 11.8 Å². The predicted octanol–water partition coefficient (Wildman–Crippen LogP) is 2.67. The summed E-state index contributed by atoms with van der Waals surface area (Å²) in [5, 5.41) is 21.0. The van der Waals surface area contributed by atoms with Crippen LogP contribution < -0.4 is 10.1 Å². The lowest BCUT2D eigenvalue weighted by atomic mass is 10.1. The van der Waals surface area contributed by atoms with Crippen molar-refractivity contribution in [2.24, 2.45) is 0 Å². The number of carbonyl (C=O) groups is 2. The molecule has 24 heavy (non-hydrogen) atoms. The fourth-order valence-electron chi connectivity index (χ4n) is 1.86. The SMILES string of the molecule is COc1ccc(C(O)=CC(=O)C(=O)Nc2ccc(C#N)cc2)cc1. The van der Waals surface area contributed by atoms with E-state index < -0.39 is 11.7 Å². The number of aliphatic hydroxyl groups is 1. The molecule has 2 N–H and O–H groups in total. The zero-order chi connectivity index (χ0) is 17.5. The summed E-state index contributed by atoms with van der Waals surface area (Å²) < 4.78 is 5.00. The van der Waals surface area contributed by atoms with Gasteiger partial charge in [-0.15, -0.1) is 0 Å². The van der Waals surface area contributed by atoms with Gasteiger partial charge in [0.15, 0.2) is 0 Å². The molecule has 6 nitrogen and oxygen atoms in total. The van der Waals surface area contributed by atoms with Crippen LogP contribution in [0, 0.1) is 11.3 Å². The number of nitriles is 1. The number of rotatable bonds is 5. The Kier molecular flexibility index (Phi) is 5.32. The summed E-state index contributed by atoms with van der Waals surface area (Å²) in [6.07, 6.45) is 0.848. The summed E-state index contributed by atoms with van der Waals surface area (Å²) in [4.78, 5) is 23.7. The fraction of sp³-hybridized carbons (Fsp3) is 0.0556. The average Bonchev–Trinajstić information content (AvgIpc) is 2.62. The highest BCUT2D eigenvalue weighted by Gasteiger charge is 2.13. The van der Waals surface area contributed by atoms with Crippen LogP contribution in [-0.4, -0.2) is 23.9 Å².